The van der Waals surface area contributed by atoms with Gasteiger partial charge in [0, 0.05) is 20.1 Å². The summed E-state index contributed by atoms with van der Waals surface area (Å²) in [6, 6.07) is 11.1. The number of rotatable bonds is 4. The quantitative estimate of drug-likeness (QED) is 0.490. The summed E-state index contributed by atoms with van der Waals surface area (Å²) in [6.45, 7) is 0.752. The van der Waals surface area contributed by atoms with Crippen molar-refractivity contribution in [2.45, 2.75) is 31.8 Å². The predicted octanol–water partition coefficient (Wildman–Crippen LogP) is 3.11. The molecule has 110 valence electrons. The molecule has 2 aliphatic rings. The average Bonchev–Trinajstić information content (AvgIpc) is 3.27. The highest BCUT2D eigenvalue weighted by molar-refractivity contribution is 14.0. The van der Waals surface area contributed by atoms with Crippen LogP contribution >= 0.6 is 24.0 Å². The zero-order chi connectivity index (χ0) is 13.2. The van der Waals surface area contributed by atoms with Gasteiger partial charge in [-0.05, 0) is 36.7 Å². The first-order chi connectivity index (χ1) is 9.24. The Morgan fingerprint density at radius 3 is 2.55 bits per heavy atom. The van der Waals surface area contributed by atoms with E-state index < -0.39 is 0 Å². The Morgan fingerprint density at radius 1 is 1.25 bits per heavy atom. The molecule has 2 saturated carbocycles. The van der Waals surface area contributed by atoms with Gasteiger partial charge in [-0.2, -0.15) is 0 Å². The van der Waals surface area contributed by atoms with Crippen molar-refractivity contribution in [1.29, 1.82) is 0 Å². The van der Waals surface area contributed by atoms with Crippen molar-refractivity contribution in [3.05, 3.63) is 35.9 Å². The molecule has 1 aromatic rings. The van der Waals surface area contributed by atoms with Crippen LogP contribution in [0.4, 0.5) is 0 Å². The lowest BCUT2D eigenvalue weighted by Crippen LogP contribution is -2.38. The van der Waals surface area contributed by atoms with Crippen molar-refractivity contribution in [2.24, 2.45) is 16.8 Å². The van der Waals surface area contributed by atoms with Gasteiger partial charge in [0.05, 0.1) is 6.54 Å². The molecule has 0 heterocycles. The highest BCUT2D eigenvalue weighted by Crippen LogP contribution is 2.49. The number of hydrogen-bond acceptors (Lipinski definition) is 1. The highest BCUT2D eigenvalue weighted by Gasteiger charge is 2.47. The Balaban J connectivity index is 0.00000147. The number of benzene rings is 1. The molecular weight excluding hydrogens is 361 g/mol. The molecule has 2 fully saturated rings. The second-order valence-electron chi connectivity index (χ2n) is 6.01. The van der Waals surface area contributed by atoms with Crippen molar-refractivity contribution in [3.8, 4) is 0 Å². The average molecular weight is 385 g/mol. The van der Waals surface area contributed by atoms with Crippen molar-refractivity contribution in [3.63, 3.8) is 0 Å². The lowest BCUT2D eigenvalue weighted by Gasteiger charge is -2.18. The normalized spacial score (nSPS) is 24.8. The Bertz CT molecular complexity index is 454. The molecule has 0 radical (unpaired) electrons. The molecule has 1 aromatic carbocycles. The zero-order valence-corrected chi connectivity index (χ0v) is 14.6. The van der Waals surface area contributed by atoms with E-state index in [2.05, 4.69) is 48.6 Å². The molecule has 0 aromatic heterocycles. The maximum atomic E-state index is 4.72. The number of aliphatic imine (C=N–C) groups is 1. The summed E-state index contributed by atoms with van der Waals surface area (Å²) < 4.78 is 0. The molecule has 2 atom stereocenters. The number of nitrogens with zero attached hydrogens (tertiary/aromatic N) is 2. The van der Waals surface area contributed by atoms with Crippen LogP contribution in [0.3, 0.4) is 0 Å². The molecule has 0 aliphatic heterocycles. The van der Waals surface area contributed by atoms with Crippen LogP contribution in [0, 0.1) is 11.8 Å². The summed E-state index contributed by atoms with van der Waals surface area (Å²) in [5, 5.41) is 3.61. The second-order valence-corrected chi connectivity index (χ2v) is 6.01. The molecule has 0 spiro atoms. The van der Waals surface area contributed by atoms with Gasteiger partial charge in [0.15, 0.2) is 5.96 Å². The van der Waals surface area contributed by atoms with Crippen LogP contribution in [0.5, 0.6) is 0 Å². The number of guanidine groups is 1. The van der Waals surface area contributed by atoms with Gasteiger partial charge in [-0.3, -0.25) is 0 Å². The summed E-state index contributed by atoms with van der Waals surface area (Å²) in [6.07, 6.45) is 4.23. The van der Waals surface area contributed by atoms with Crippen molar-refractivity contribution < 1.29 is 0 Å². The van der Waals surface area contributed by atoms with Crippen molar-refractivity contribution in [1.82, 2.24) is 10.2 Å². The van der Waals surface area contributed by atoms with Crippen molar-refractivity contribution >= 4 is 29.9 Å². The van der Waals surface area contributed by atoms with Crippen LogP contribution in [-0.2, 0) is 6.54 Å². The maximum absolute atomic E-state index is 4.72. The topological polar surface area (TPSA) is 27.6 Å². The Hall–Kier alpha value is -0.780. The van der Waals surface area contributed by atoms with E-state index in [0.717, 1.165) is 24.3 Å². The van der Waals surface area contributed by atoms with E-state index in [1.54, 1.807) is 0 Å². The fourth-order valence-electron chi connectivity index (χ4n) is 2.66. The lowest BCUT2D eigenvalue weighted by molar-refractivity contribution is 0.563. The molecule has 0 amide bonds. The summed E-state index contributed by atoms with van der Waals surface area (Å²) in [7, 11) is 4.12. The van der Waals surface area contributed by atoms with E-state index in [4.69, 9.17) is 4.99 Å². The number of hydrogen-bond donors (Lipinski definition) is 1. The fourth-order valence-corrected chi connectivity index (χ4v) is 2.66. The minimum absolute atomic E-state index is 0. The van der Waals surface area contributed by atoms with Crippen LogP contribution in [0.15, 0.2) is 35.3 Å². The molecule has 3 rings (SSSR count). The molecule has 0 bridgehead atoms. The molecule has 2 aliphatic carbocycles. The third-order valence-corrected chi connectivity index (χ3v) is 4.06. The second kappa shape index (κ2) is 6.78. The first kappa shape index (κ1) is 15.6. The van der Waals surface area contributed by atoms with Gasteiger partial charge in [-0.15, -0.1) is 24.0 Å². The largest absolute Gasteiger partial charge is 0.353 e. The Morgan fingerprint density at radius 2 is 1.95 bits per heavy atom. The summed E-state index contributed by atoms with van der Waals surface area (Å²) in [4.78, 5) is 6.81. The molecule has 20 heavy (non-hydrogen) atoms. The molecule has 1 N–H and O–H groups in total. The molecular formula is C16H24IN3. The van der Waals surface area contributed by atoms with Crippen LogP contribution in [0.1, 0.15) is 24.8 Å². The molecule has 0 saturated heterocycles. The fraction of sp³-hybridized carbons (Fsp3) is 0.562. The van der Waals surface area contributed by atoms with Gasteiger partial charge in [-0.1, -0.05) is 30.3 Å². The summed E-state index contributed by atoms with van der Waals surface area (Å²) in [5.74, 6) is 2.95. The van der Waals surface area contributed by atoms with Crippen LogP contribution in [-0.4, -0.2) is 31.0 Å². The van der Waals surface area contributed by atoms with Gasteiger partial charge in [-0.25, -0.2) is 4.99 Å². The highest BCUT2D eigenvalue weighted by atomic mass is 127. The third-order valence-electron chi connectivity index (χ3n) is 4.06. The molecule has 4 heteroatoms. The van der Waals surface area contributed by atoms with E-state index >= 15 is 0 Å². The predicted molar refractivity (Wildman–Crippen MR) is 94.4 cm³/mol. The SMILES string of the molecule is CN(C)C(=NCc1ccccc1)N[C@@H]1C[C@H]1C1CC1.I. The zero-order valence-electron chi connectivity index (χ0n) is 12.2. The molecule has 0 unspecified atom stereocenters. The van der Waals surface area contributed by atoms with Crippen molar-refractivity contribution in [2.75, 3.05) is 14.1 Å². The molecule has 3 nitrogen and oxygen atoms in total. The maximum Gasteiger partial charge on any atom is 0.193 e. The van der Waals surface area contributed by atoms with Crippen LogP contribution in [0.2, 0.25) is 0 Å². The van der Waals surface area contributed by atoms with Gasteiger partial charge in [0.25, 0.3) is 0 Å². The number of nitrogens with one attached hydrogen (secondary N) is 1. The van der Waals surface area contributed by atoms with Crippen LogP contribution < -0.4 is 5.32 Å². The minimum Gasteiger partial charge on any atom is -0.353 e. The first-order valence-corrected chi connectivity index (χ1v) is 7.26. The van der Waals surface area contributed by atoms with E-state index in [0.29, 0.717) is 6.04 Å². The van der Waals surface area contributed by atoms with Gasteiger partial charge >= 0.3 is 0 Å². The standard InChI is InChI=1S/C16H23N3.HI/c1-19(2)16(17-11-12-6-4-3-5-7-12)18-15-10-14(15)13-8-9-13;/h3-7,13-15H,8-11H2,1-2H3,(H,17,18);1H/t14-,15+;/m0./s1. The summed E-state index contributed by atoms with van der Waals surface area (Å²) in [5.41, 5.74) is 1.26. The van der Waals surface area contributed by atoms with Gasteiger partial charge in [0.1, 0.15) is 0 Å². The minimum atomic E-state index is 0. The van der Waals surface area contributed by atoms with E-state index in [-0.39, 0.29) is 24.0 Å². The smallest absolute Gasteiger partial charge is 0.193 e. The van der Waals surface area contributed by atoms with Crippen LogP contribution in [0.25, 0.3) is 0 Å². The van der Waals surface area contributed by atoms with E-state index in [1.807, 2.05) is 6.07 Å². The first-order valence-electron chi connectivity index (χ1n) is 7.26. The Labute approximate surface area is 138 Å². The Kier molecular flexibility index (Phi) is 5.29. The lowest BCUT2D eigenvalue weighted by atomic mass is 10.2. The third kappa shape index (κ3) is 4.11. The monoisotopic (exact) mass is 385 g/mol. The van der Waals surface area contributed by atoms with E-state index in [1.165, 1.54) is 24.8 Å². The van der Waals surface area contributed by atoms with E-state index in [9.17, 15) is 0 Å². The van der Waals surface area contributed by atoms with Gasteiger partial charge < -0.3 is 10.2 Å². The van der Waals surface area contributed by atoms with Gasteiger partial charge in [0.2, 0.25) is 0 Å². The number of halogens is 1. The summed E-state index contributed by atoms with van der Waals surface area (Å²) >= 11 is 0.